The summed E-state index contributed by atoms with van der Waals surface area (Å²) in [6, 6.07) is 9.11. The van der Waals surface area contributed by atoms with Gasteiger partial charge in [0.25, 0.3) is 0 Å². The van der Waals surface area contributed by atoms with E-state index < -0.39 is 0 Å². The molecule has 0 spiro atoms. The lowest BCUT2D eigenvalue weighted by atomic mass is 10.2. The van der Waals surface area contributed by atoms with Gasteiger partial charge in [-0.05, 0) is 48.7 Å². The molecule has 4 rings (SSSR count). The van der Waals surface area contributed by atoms with Crippen molar-refractivity contribution in [1.29, 1.82) is 0 Å². The average molecular weight is 318 g/mol. The van der Waals surface area contributed by atoms with Crippen LogP contribution in [0.3, 0.4) is 0 Å². The van der Waals surface area contributed by atoms with Gasteiger partial charge in [-0.25, -0.2) is 0 Å². The first-order chi connectivity index (χ1) is 10.3. The molecule has 2 fully saturated rings. The van der Waals surface area contributed by atoms with Crippen molar-refractivity contribution >= 4 is 44.8 Å². The van der Waals surface area contributed by atoms with E-state index in [1.807, 2.05) is 0 Å². The van der Waals surface area contributed by atoms with Crippen LogP contribution in [0.4, 0.5) is 5.82 Å². The molecule has 1 aromatic carbocycles. The van der Waals surface area contributed by atoms with Gasteiger partial charge in [0.15, 0.2) is 5.11 Å². The highest BCUT2D eigenvalue weighted by Crippen LogP contribution is 2.29. The Bertz CT molecular complexity index is 656. The Morgan fingerprint density at radius 2 is 1.95 bits per heavy atom. The second-order valence-electron chi connectivity index (χ2n) is 5.70. The molecule has 1 aromatic heterocycles. The van der Waals surface area contributed by atoms with Crippen molar-refractivity contribution in [2.24, 2.45) is 0 Å². The Hall–Kier alpha value is -1.40. The summed E-state index contributed by atoms with van der Waals surface area (Å²) in [7, 11) is 0. The minimum Gasteiger partial charge on any atom is -0.360 e. The van der Waals surface area contributed by atoms with Crippen LogP contribution in [0.1, 0.15) is 12.8 Å². The summed E-state index contributed by atoms with van der Waals surface area (Å²) in [4.78, 5) is 4.67. The summed E-state index contributed by atoms with van der Waals surface area (Å²) in [6.45, 7) is 3.93. The fourth-order valence-electron chi connectivity index (χ4n) is 2.72. The Labute approximate surface area is 133 Å². The molecule has 0 amide bonds. The number of fused-ring (bicyclic) bond motifs is 1. The zero-order valence-electron chi connectivity index (χ0n) is 11.8. The SMILES string of the molecule is S=C(NC1CC1)N1CCN(c2nsc3ccccc23)CC1. The van der Waals surface area contributed by atoms with Gasteiger partial charge in [0.2, 0.25) is 0 Å². The minimum atomic E-state index is 0.637. The number of piperazine rings is 1. The van der Waals surface area contributed by atoms with Gasteiger partial charge < -0.3 is 15.1 Å². The van der Waals surface area contributed by atoms with Gasteiger partial charge in [0.1, 0.15) is 5.82 Å². The third kappa shape index (κ3) is 2.70. The molecule has 4 nitrogen and oxygen atoms in total. The molecule has 110 valence electrons. The van der Waals surface area contributed by atoms with Crippen molar-refractivity contribution in [3.8, 4) is 0 Å². The Balaban J connectivity index is 1.43. The second-order valence-corrected chi connectivity index (χ2v) is 6.89. The number of thiocarbonyl (C=S) groups is 1. The topological polar surface area (TPSA) is 31.4 Å². The highest BCUT2D eigenvalue weighted by molar-refractivity contribution is 7.80. The highest BCUT2D eigenvalue weighted by atomic mass is 32.1. The van der Waals surface area contributed by atoms with Crippen LogP contribution >= 0.6 is 23.8 Å². The molecular weight excluding hydrogens is 300 g/mol. The first-order valence-corrected chi connectivity index (χ1v) is 8.64. The quantitative estimate of drug-likeness (QED) is 0.860. The smallest absolute Gasteiger partial charge is 0.169 e. The number of hydrogen-bond acceptors (Lipinski definition) is 4. The van der Waals surface area contributed by atoms with E-state index in [9.17, 15) is 0 Å². The van der Waals surface area contributed by atoms with Gasteiger partial charge in [0, 0.05) is 37.6 Å². The Morgan fingerprint density at radius 3 is 2.71 bits per heavy atom. The van der Waals surface area contributed by atoms with Crippen LogP contribution in [0.5, 0.6) is 0 Å². The van der Waals surface area contributed by atoms with E-state index in [0.717, 1.165) is 37.1 Å². The van der Waals surface area contributed by atoms with E-state index in [2.05, 4.69) is 43.8 Å². The van der Waals surface area contributed by atoms with Gasteiger partial charge in [-0.1, -0.05) is 12.1 Å². The van der Waals surface area contributed by atoms with E-state index in [0.29, 0.717) is 6.04 Å². The van der Waals surface area contributed by atoms with Crippen LogP contribution in [0.15, 0.2) is 24.3 Å². The number of aromatic nitrogens is 1. The van der Waals surface area contributed by atoms with Crippen molar-refractivity contribution < 1.29 is 0 Å². The molecule has 1 saturated carbocycles. The minimum absolute atomic E-state index is 0.637. The van der Waals surface area contributed by atoms with Crippen molar-refractivity contribution in [2.45, 2.75) is 18.9 Å². The molecule has 21 heavy (non-hydrogen) atoms. The first kappa shape index (κ1) is 13.3. The average Bonchev–Trinajstić information content (AvgIpc) is 3.23. The summed E-state index contributed by atoms with van der Waals surface area (Å²) >= 11 is 7.08. The number of nitrogens with zero attached hydrogens (tertiary/aromatic N) is 3. The van der Waals surface area contributed by atoms with Gasteiger partial charge in [-0.3, -0.25) is 0 Å². The predicted octanol–water partition coefficient (Wildman–Crippen LogP) is 2.46. The number of anilines is 1. The maximum absolute atomic E-state index is 5.49. The molecule has 0 radical (unpaired) electrons. The van der Waals surface area contributed by atoms with Crippen LogP contribution in [-0.2, 0) is 0 Å². The van der Waals surface area contributed by atoms with Crippen LogP contribution in [0.2, 0.25) is 0 Å². The Kier molecular flexibility index (Phi) is 3.43. The molecule has 1 N–H and O–H groups in total. The maximum Gasteiger partial charge on any atom is 0.169 e. The maximum atomic E-state index is 5.49. The number of hydrogen-bond donors (Lipinski definition) is 1. The monoisotopic (exact) mass is 318 g/mol. The van der Waals surface area contributed by atoms with Crippen LogP contribution in [-0.4, -0.2) is 46.6 Å². The lowest BCUT2D eigenvalue weighted by Crippen LogP contribution is -2.52. The largest absolute Gasteiger partial charge is 0.360 e. The second kappa shape index (κ2) is 5.42. The van der Waals surface area contributed by atoms with Crippen molar-refractivity contribution in [2.75, 3.05) is 31.1 Å². The lowest BCUT2D eigenvalue weighted by Gasteiger charge is -2.36. The van der Waals surface area contributed by atoms with Crippen LogP contribution in [0, 0.1) is 0 Å². The van der Waals surface area contributed by atoms with E-state index in [1.54, 1.807) is 11.5 Å². The normalized spacial score (nSPS) is 19.0. The molecule has 1 aliphatic carbocycles. The molecule has 1 aliphatic heterocycles. The number of nitrogens with one attached hydrogen (secondary N) is 1. The molecule has 0 bridgehead atoms. The van der Waals surface area contributed by atoms with E-state index >= 15 is 0 Å². The molecule has 2 aliphatic rings. The molecule has 1 saturated heterocycles. The number of rotatable bonds is 2. The molecule has 0 atom stereocenters. The summed E-state index contributed by atoms with van der Waals surface area (Å²) in [5, 5.41) is 5.63. The molecule has 0 unspecified atom stereocenters. The summed E-state index contributed by atoms with van der Waals surface area (Å²) in [5.74, 6) is 1.14. The van der Waals surface area contributed by atoms with Crippen molar-refractivity contribution in [3.63, 3.8) is 0 Å². The lowest BCUT2D eigenvalue weighted by molar-refractivity contribution is 0.379. The van der Waals surface area contributed by atoms with Crippen molar-refractivity contribution in [3.05, 3.63) is 24.3 Å². The molecule has 2 heterocycles. The van der Waals surface area contributed by atoms with Gasteiger partial charge in [-0.15, -0.1) is 0 Å². The van der Waals surface area contributed by atoms with E-state index in [4.69, 9.17) is 12.2 Å². The fourth-order valence-corrected chi connectivity index (χ4v) is 3.86. The standard InChI is InChI=1S/C15H18N4S2/c20-15(16-11-5-6-11)19-9-7-18(8-10-19)14-12-3-1-2-4-13(12)21-17-14/h1-4,11H,5-10H2,(H,16,20). The zero-order chi connectivity index (χ0) is 14.2. The molecule has 6 heteroatoms. The summed E-state index contributed by atoms with van der Waals surface area (Å²) in [6.07, 6.45) is 2.54. The predicted molar refractivity (Wildman–Crippen MR) is 92.2 cm³/mol. The van der Waals surface area contributed by atoms with Crippen LogP contribution in [0.25, 0.3) is 10.1 Å². The fraction of sp³-hybridized carbons (Fsp3) is 0.467. The molecular formula is C15H18N4S2. The Morgan fingerprint density at radius 1 is 1.19 bits per heavy atom. The van der Waals surface area contributed by atoms with Crippen LogP contribution < -0.4 is 10.2 Å². The highest BCUT2D eigenvalue weighted by Gasteiger charge is 2.26. The van der Waals surface area contributed by atoms with Gasteiger partial charge in [-0.2, -0.15) is 4.37 Å². The van der Waals surface area contributed by atoms with Gasteiger partial charge >= 0.3 is 0 Å². The zero-order valence-corrected chi connectivity index (χ0v) is 13.4. The van der Waals surface area contributed by atoms with Crippen molar-refractivity contribution in [1.82, 2.24) is 14.6 Å². The third-order valence-corrected chi connectivity index (χ3v) is 5.32. The number of benzene rings is 1. The third-order valence-electron chi connectivity index (χ3n) is 4.13. The van der Waals surface area contributed by atoms with E-state index in [1.165, 1.54) is 22.9 Å². The van der Waals surface area contributed by atoms with E-state index in [-0.39, 0.29) is 0 Å². The van der Waals surface area contributed by atoms with Gasteiger partial charge in [0.05, 0.1) is 4.70 Å². The molecule has 2 aromatic rings. The first-order valence-electron chi connectivity index (χ1n) is 7.46. The summed E-state index contributed by atoms with van der Waals surface area (Å²) < 4.78 is 5.91. The summed E-state index contributed by atoms with van der Waals surface area (Å²) in [5.41, 5.74) is 0.